The lowest BCUT2D eigenvalue weighted by molar-refractivity contribution is -0.149. The Labute approximate surface area is 172 Å². The van der Waals surface area contributed by atoms with Crippen molar-refractivity contribution in [2.24, 2.45) is 11.3 Å². The van der Waals surface area contributed by atoms with Gasteiger partial charge < -0.3 is 15.4 Å². The summed E-state index contributed by atoms with van der Waals surface area (Å²) >= 11 is 0. The number of hydroxylamine groups is 1. The molecule has 0 aliphatic heterocycles. The van der Waals surface area contributed by atoms with Crippen LogP contribution in [0.15, 0.2) is 30.3 Å². The number of carbonyl (C=O) groups is 3. The number of ether oxygens (including phenoxy) is 1. The molecule has 0 aromatic heterocycles. The second-order valence-corrected chi connectivity index (χ2v) is 8.04. The van der Waals surface area contributed by atoms with Crippen molar-refractivity contribution < 1.29 is 24.3 Å². The van der Waals surface area contributed by atoms with Crippen LogP contribution in [0, 0.1) is 11.3 Å². The molecule has 1 aromatic rings. The Balaban J connectivity index is 2.99. The van der Waals surface area contributed by atoms with Gasteiger partial charge in [-0.15, -0.1) is 0 Å². The Morgan fingerprint density at radius 3 is 2.17 bits per heavy atom. The Morgan fingerprint density at radius 1 is 1.07 bits per heavy atom. The Morgan fingerprint density at radius 2 is 1.69 bits per heavy atom. The first-order valence-corrected chi connectivity index (χ1v) is 9.68. The molecule has 0 unspecified atom stereocenters. The molecule has 0 spiro atoms. The summed E-state index contributed by atoms with van der Waals surface area (Å²) in [6, 6.07) is 9.00. The number of nitrogens with one attached hydrogen (secondary N) is 3. The highest BCUT2D eigenvalue weighted by molar-refractivity contribution is 5.92. The van der Waals surface area contributed by atoms with Crippen LogP contribution in [0.25, 0.3) is 0 Å². The molecule has 3 amide bonds. The summed E-state index contributed by atoms with van der Waals surface area (Å²) in [5.41, 5.74) is 2.13. The largest absolute Gasteiger partial charge is 0.371 e. The van der Waals surface area contributed by atoms with Crippen LogP contribution in [0.3, 0.4) is 0 Å². The van der Waals surface area contributed by atoms with E-state index in [0.29, 0.717) is 12.8 Å². The molecule has 4 N–H and O–H groups in total. The number of rotatable bonds is 10. The molecule has 1 aromatic carbocycles. The number of amides is 3. The third-order valence-electron chi connectivity index (χ3n) is 4.81. The van der Waals surface area contributed by atoms with Crippen molar-refractivity contribution in [2.45, 2.75) is 52.2 Å². The maximum absolute atomic E-state index is 13.1. The third-order valence-corrected chi connectivity index (χ3v) is 4.81. The van der Waals surface area contributed by atoms with E-state index in [0.717, 1.165) is 12.0 Å². The van der Waals surface area contributed by atoms with E-state index in [1.54, 1.807) is 5.48 Å². The monoisotopic (exact) mass is 407 g/mol. The minimum atomic E-state index is -1.18. The van der Waals surface area contributed by atoms with Crippen molar-refractivity contribution in [2.75, 3.05) is 14.2 Å². The lowest BCUT2D eigenvalue weighted by Gasteiger charge is -2.32. The van der Waals surface area contributed by atoms with E-state index in [4.69, 9.17) is 9.94 Å². The van der Waals surface area contributed by atoms with Crippen LogP contribution in [-0.4, -0.2) is 49.2 Å². The summed E-state index contributed by atoms with van der Waals surface area (Å²) in [7, 11) is 2.80. The topological polar surface area (TPSA) is 117 Å². The molecule has 29 heavy (non-hydrogen) atoms. The fourth-order valence-corrected chi connectivity index (χ4v) is 3.18. The van der Waals surface area contributed by atoms with Gasteiger partial charge in [0.1, 0.15) is 12.1 Å². The first-order valence-electron chi connectivity index (χ1n) is 9.68. The number of aryl methyl sites for hydroxylation is 1. The molecule has 0 heterocycles. The molecular weight excluding hydrogens is 374 g/mol. The minimum absolute atomic E-state index is 0.325. The van der Waals surface area contributed by atoms with Gasteiger partial charge in [-0.2, -0.15) is 0 Å². The number of methoxy groups -OCH3 is 1. The lowest BCUT2D eigenvalue weighted by atomic mass is 9.85. The summed E-state index contributed by atoms with van der Waals surface area (Å²) in [6.07, 6.45) is 0.513. The normalized spacial score (nSPS) is 14.4. The average Bonchev–Trinajstić information content (AvgIpc) is 2.70. The van der Waals surface area contributed by atoms with E-state index in [1.807, 2.05) is 51.1 Å². The molecule has 162 valence electrons. The molecule has 0 saturated heterocycles. The highest BCUT2D eigenvalue weighted by Crippen LogP contribution is 2.22. The van der Waals surface area contributed by atoms with E-state index in [1.165, 1.54) is 14.2 Å². The zero-order chi connectivity index (χ0) is 22.0. The van der Waals surface area contributed by atoms with Gasteiger partial charge in [0.25, 0.3) is 5.91 Å². The van der Waals surface area contributed by atoms with Crippen LogP contribution in [0.1, 0.15) is 39.2 Å². The van der Waals surface area contributed by atoms with E-state index in [-0.39, 0.29) is 5.91 Å². The van der Waals surface area contributed by atoms with Crippen LogP contribution >= 0.6 is 0 Å². The quantitative estimate of drug-likeness (QED) is 0.346. The second kappa shape index (κ2) is 11.5. The average molecular weight is 408 g/mol. The lowest BCUT2D eigenvalue weighted by Crippen LogP contribution is -2.56. The van der Waals surface area contributed by atoms with Gasteiger partial charge in [-0.05, 0) is 30.2 Å². The van der Waals surface area contributed by atoms with Gasteiger partial charge in [0, 0.05) is 14.2 Å². The fraction of sp³-hybridized carbons (Fsp3) is 0.571. The molecule has 0 aliphatic rings. The van der Waals surface area contributed by atoms with Crippen molar-refractivity contribution in [3.63, 3.8) is 0 Å². The Kier molecular flexibility index (Phi) is 9.77. The highest BCUT2D eigenvalue weighted by Gasteiger charge is 2.38. The predicted octanol–water partition coefficient (Wildman–Crippen LogP) is 1.42. The number of likely N-dealkylation sites (N-methyl/N-ethyl adjacent to an activating group) is 1. The van der Waals surface area contributed by atoms with E-state index in [2.05, 4.69) is 10.6 Å². The van der Waals surface area contributed by atoms with Crippen molar-refractivity contribution in [3.05, 3.63) is 35.9 Å². The van der Waals surface area contributed by atoms with Crippen molar-refractivity contribution in [1.29, 1.82) is 0 Å². The van der Waals surface area contributed by atoms with E-state index < -0.39 is 35.3 Å². The first kappa shape index (κ1) is 24.6. The molecule has 8 heteroatoms. The van der Waals surface area contributed by atoms with E-state index >= 15 is 0 Å². The third kappa shape index (κ3) is 7.47. The molecule has 0 fully saturated rings. The van der Waals surface area contributed by atoms with Gasteiger partial charge >= 0.3 is 0 Å². The number of carbonyl (C=O) groups excluding carboxylic acids is 3. The molecule has 8 nitrogen and oxygen atoms in total. The Bertz CT molecular complexity index is 673. The summed E-state index contributed by atoms with van der Waals surface area (Å²) in [5.74, 6) is -2.48. The molecular formula is C21H33N3O5. The highest BCUT2D eigenvalue weighted by atomic mass is 16.5. The first-order chi connectivity index (χ1) is 13.6. The van der Waals surface area contributed by atoms with Crippen LogP contribution < -0.4 is 16.1 Å². The van der Waals surface area contributed by atoms with Crippen LogP contribution in [0.4, 0.5) is 0 Å². The molecule has 0 saturated carbocycles. The maximum Gasteiger partial charge on any atom is 0.273 e. The van der Waals surface area contributed by atoms with Gasteiger partial charge in [0.15, 0.2) is 0 Å². The molecule has 0 radical (unpaired) electrons. The summed E-state index contributed by atoms with van der Waals surface area (Å²) in [5, 5.41) is 14.3. The van der Waals surface area contributed by atoms with Gasteiger partial charge in [-0.3, -0.25) is 19.6 Å². The zero-order valence-electron chi connectivity index (χ0n) is 17.8. The van der Waals surface area contributed by atoms with Crippen molar-refractivity contribution in [3.8, 4) is 0 Å². The molecule has 1 rings (SSSR count). The second-order valence-electron chi connectivity index (χ2n) is 8.04. The smallest absolute Gasteiger partial charge is 0.273 e. The van der Waals surface area contributed by atoms with Gasteiger partial charge in [-0.25, -0.2) is 5.48 Å². The standard InChI is InChI=1S/C21H33N3O5/c1-21(2,3)17(20(27)22-4)23-18(25)15(16(29-5)19(26)24-28)13-9-12-14-10-7-6-8-11-14/h6-8,10-11,15-17,28H,9,12-13H2,1-5H3,(H,22,27)(H,23,25)(H,24,26)/t15-,16+,17-/m1/s1. The fourth-order valence-electron chi connectivity index (χ4n) is 3.18. The maximum atomic E-state index is 13.1. The predicted molar refractivity (Wildman–Crippen MR) is 109 cm³/mol. The Hall–Kier alpha value is -2.45. The number of hydrogen-bond donors (Lipinski definition) is 4. The zero-order valence-corrected chi connectivity index (χ0v) is 17.8. The summed E-state index contributed by atoms with van der Waals surface area (Å²) in [4.78, 5) is 37.4. The molecule has 0 bridgehead atoms. The van der Waals surface area contributed by atoms with Crippen molar-refractivity contribution in [1.82, 2.24) is 16.1 Å². The van der Waals surface area contributed by atoms with Gasteiger partial charge in [-0.1, -0.05) is 51.1 Å². The molecule has 3 atom stereocenters. The summed E-state index contributed by atoms with van der Waals surface area (Å²) in [6.45, 7) is 5.52. The number of hydrogen-bond acceptors (Lipinski definition) is 5. The minimum Gasteiger partial charge on any atom is -0.371 e. The van der Waals surface area contributed by atoms with Crippen LogP contribution in [-0.2, 0) is 25.5 Å². The van der Waals surface area contributed by atoms with E-state index in [9.17, 15) is 14.4 Å². The molecule has 0 aliphatic carbocycles. The SMILES string of the molecule is CNC(=O)[C@@H](NC(=O)[C@H](CCCc1ccccc1)[C@H](OC)C(=O)NO)C(C)(C)C. The van der Waals surface area contributed by atoms with Crippen molar-refractivity contribution >= 4 is 17.7 Å². The van der Waals surface area contributed by atoms with Gasteiger partial charge in [0.2, 0.25) is 11.8 Å². The van der Waals surface area contributed by atoms with Crippen LogP contribution in [0.2, 0.25) is 0 Å². The summed E-state index contributed by atoms with van der Waals surface area (Å²) < 4.78 is 5.21. The van der Waals surface area contributed by atoms with Crippen LogP contribution in [0.5, 0.6) is 0 Å². The number of benzene rings is 1. The van der Waals surface area contributed by atoms with Gasteiger partial charge in [0.05, 0.1) is 5.92 Å².